The molecule has 2 heteroatoms. The number of hydrogen-bond acceptors (Lipinski definition) is 2. The zero-order chi connectivity index (χ0) is 10.8. The number of rotatable bonds is 2. The van der Waals surface area contributed by atoms with Gasteiger partial charge in [-0.25, -0.2) is 0 Å². The Morgan fingerprint density at radius 1 is 1.27 bits per heavy atom. The number of benzene rings is 1. The summed E-state index contributed by atoms with van der Waals surface area (Å²) < 4.78 is 0. The van der Waals surface area contributed by atoms with Gasteiger partial charge >= 0.3 is 0 Å². The Balaban J connectivity index is 2.07. The summed E-state index contributed by atoms with van der Waals surface area (Å²) in [5.74, 6) is 0.399. The van der Waals surface area contributed by atoms with Crippen LogP contribution >= 0.6 is 0 Å². The first kappa shape index (κ1) is 10.7. The van der Waals surface area contributed by atoms with E-state index in [1.54, 1.807) is 0 Å². The van der Waals surface area contributed by atoms with Crippen molar-refractivity contribution in [1.82, 2.24) is 4.90 Å². The van der Waals surface area contributed by atoms with Crippen LogP contribution in [0.1, 0.15) is 25.5 Å². The van der Waals surface area contributed by atoms with Gasteiger partial charge in [0, 0.05) is 19.1 Å². The first-order chi connectivity index (χ1) is 7.18. The summed E-state index contributed by atoms with van der Waals surface area (Å²) in [4.78, 5) is 2.35. The summed E-state index contributed by atoms with van der Waals surface area (Å²) in [5.41, 5.74) is 1.33. The molecule has 1 aliphatic rings. The summed E-state index contributed by atoms with van der Waals surface area (Å²) in [6, 6.07) is 10.9. The Bertz CT molecular complexity index is 302. The Hall–Kier alpha value is -0.860. The molecule has 0 amide bonds. The van der Waals surface area contributed by atoms with Crippen LogP contribution in [0, 0.1) is 5.92 Å². The van der Waals surface area contributed by atoms with Gasteiger partial charge < -0.3 is 5.11 Å². The van der Waals surface area contributed by atoms with Crippen molar-refractivity contribution < 1.29 is 5.11 Å². The predicted molar refractivity (Wildman–Crippen MR) is 61.6 cm³/mol. The highest BCUT2D eigenvalue weighted by Gasteiger charge is 2.30. The number of likely N-dealkylation sites (tertiary alicyclic amines) is 1. The van der Waals surface area contributed by atoms with Crippen LogP contribution in [0.15, 0.2) is 30.3 Å². The van der Waals surface area contributed by atoms with Crippen LogP contribution in [0.25, 0.3) is 0 Å². The van der Waals surface area contributed by atoms with Crippen molar-refractivity contribution in [3.8, 4) is 0 Å². The van der Waals surface area contributed by atoms with E-state index in [1.807, 2.05) is 6.07 Å². The van der Waals surface area contributed by atoms with E-state index in [1.165, 1.54) is 5.56 Å². The van der Waals surface area contributed by atoms with Crippen LogP contribution in [-0.4, -0.2) is 29.2 Å². The minimum absolute atomic E-state index is 0.156. The average molecular weight is 205 g/mol. The molecule has 15 heavy (non-hydrogen) atoms. The van der Waals surface area contributed by atoms with Crippen LogP contribution in [0.5, 0.6) is 0 Å². The molecule has 3 atom stereocenters. The van der Waals surface area contributed by atoms with E-state index in [2.05, 4.69) is 43.0 Å². The van der Waals surface area contributed by atoms with Crippen LogP contribution in [0.4, 0.5) is 0 Å². The smallest absolute Gasteiger partial charge is 0.0705 e. The van der Waals surface area contributed by atoms with Crippen LogP contribution in [-0.2, 0) is 0 Å². The van der Waals surface area contributed by atoms with Gasteiger partial charge in [0.05, 0.1) is 6.10 Å². The number of β-amino-alcohol motifs (C(OH)–C–C–N with tert-alkyl or cyclic N) is 1. The van der Waals surface area contributed by atoms with Gasteiger partial charge in [0.15, 0.2) is 0 Å². The van der Waals surface area contributed by atoms with Crippen molar-refractivity contribution in [2.75, 3.05) is 13.1 Å². The van der Waals surface area contributed by atoms with Gasteiger partial charge in [-0.2, -0.15) is 0 Å². The molecule has 82 valence electrons. The second-order valence-electron chi connectivity index (χ2n) is 4.59. The minimum Gasteiger partial charge on any atom is -0.391 e. The second-order valence-corrected chi connectivity index (χ2v) is 4.59. The lowest BCUT2D eigenvalue weighted by Crippen LogP contribution is -2.25. The SMILES string of the molecule is CC1CN(C(C)c2ccccc2)CC1O. The van der Waals surface area contributed by atoms with E-state index in [0.717, 1.165) is 13.1 Å². The summed E-state index contributed by atoms with van der Waals surface area (Å²) in [6.07, 6.45) is -0.156. The van der Waals surface area contributed by atoms with Gasteiger partial charge in [0.25, 0.3) is 0 Å². The van der Waals surface area contributed by atoms with Crippen molar-refractivity contribution in [2.24, 2.45) is 5.92 Å². The molecule has 0 aliphatic carbocycles. The van der Waals surface area contributed by atoms with E-state index < -0.39 is 0 Å². The lowest BCUT2D eigenvalue weighted by atomic mass is 10.1. The van der Waals surface area contributed by atoms with Crippen molar-refractivity contribution in [1.29, 1.82) is 0 Å². The van der Waals surface area contributed by atoms with Crippen LogP contribution in [0.3, 0.4) is 0 Å². The quantitative estimate of drug-likeness (QED) is 0.799. The number of aliphatic hydroxyl groups excluding tert-OH is 1. The van der Waals surface area contributed by atoms with E-state index in [9.17, 15) is 5.11 Å². The van der Waals surface area contributed by atoms with E-state index >= 15 is 0 Å². The van der Waals surface area contributed by atoms with Gasteiger partial charge in [-0.15, -0.1) is 0 Å². The fraction of sp³-hybridized carbons (Fsp3) is 0.538. The lowest BCUT2D eigenvalue weighted by Gasteiger charge is -2.24. The molecule has 0 bridgehead atoms. The maximum absolute atomic E-state index is 9.72. The van der Waals surface area contributed by atoms with Crippen LogP contribution in [0.2, 0.25) is 0 Å². The molecule has 2 nitrogen and oxygen atoms in total. The minimum atomic E-state index is -0.156. The molecule has 3 unspecified atom stereocenters. The molecule has 0 radical (unpaired) electrons. The summed E-state index contributed by atoms with van der Waals surface area (Å²) in [5, 5.41) is 9.72. The zero-order valence-electron chi connectivity index (χ0n) is 9.43. The maximum Gasteiger partial charge on any atom is 0.0705 e. The highest BCUT2D eigenvalue weighted by Crippen LogP contribution is 2.26. The maximum atomic E-state index is 9.72. The summed E-state index contributed by atoms with van der Waals surface area (Å²) in [6.45, 7) is 6.12. The van der Waals surface area contributed by atoms with Crippen molar-refractivity contribution in [3.05, 3.63) is 35.9 Å². The number of nitrogens with zero attached hydrogens (tertiary/aromatic N) is 1. The number of aliphatic hydroxyl groups is 1. The molecule has 1 saturated heterocycles. The average Bonchev–Trinajstić information content (AvgIpc) is 2.59. The van der Waals surface area contributed by atoms with E-state index in [-0.39, 0.29) is 6.10 Å². The topological polar surface area (TPSA) is 23.5 Å². The molecule has 1 aromatic rings. The fourth-order valence-electron chi connectivity index (χ4n) is 2.24. The van der Waals surface area contributed by atoms with Gasteiger partial charge in [-0.05, 0) is 18.4 Å². The molecule has 1 fully saturated rings. The lowest BCUT2D eigenvalue weighted by molar-refractivity contribution is 0.143. The molecular formula is C13H19NO. The highest BCUT2D eigenvalue weighted by molar-refractivity contribution is 5.18. The molecule has 0 spiro atoms. The molecule has 1 heterocycles. The third-order valence-corrected chi connectivity index (χ3v) is 3.43. The van der Waals surface area contributed by atoms with Gasteiger partial charge in [0.1, 0.15) is 0 Å². The molecular weight excluding hydrogens is 186 g/mol. The first-order valence-electron chi connectivity index (χ1n) is 5.65. The van der Waals surface area contributed by atoms with Crippen molar-refractivity contribution in [2.45, 2.75) is 26.0 Å². The summed E-state index contributed by atoms with van der Waals surface area (Å²) in [7, 11) is 0. The third kappa shape index (κ3) is 2.21. The van der Waals surface area contributed by atoms with E-state index in [4.69, 9.17) is 0 Å². The largest absolute Gasteiger partial charge is 0.391 e. The normalized spacial score (nSPS) is 29.3. The van der Waals surface area contributed by atoms with Gasteiger partial charge in [0.2, 0.25) is 0 Å². The molecule has 0 aromatic heterocycles. The van der Waals surface area contributed by atoms with Gasteiger partial charge in [-0.1, -0.05) is 37.3 Å². The Morgan fingerprint density at radius 2 is 1.93 bits per heavy atom. The molecule has 2 rings (SSSR count). The molecule has 0 saturated carbocycles. The molecule has 1 aromatic carbocycles. The monoisotopic (exact) mass is 205 g/mol. The predicted octanol–water partition coefficient (Wildman–Crippen LogP) is 2.06. The number of hydrogen-bond donors (Lipinski definition) is 1. The second kappa shape index (κ2) is 4.33. The first-order valence-corrected chi connectivity index (χ1v) is 5.65. The Kier molecular flexibility index (Phi) is 3.08. The zero-order valence-corrected chi connectivity index (χ0v) is 9.43. The fourth-order valence-corrected chi connectivity index (χ4v) is 2.24. The Morgan fingerprint density at radius 3 is 2.47 bits per heavy atom. The Labute approximate surface area is 91.5 Å². The van der Waals surface area contributed by atoms with E-state index in [0.29, 0.717) is 12.0 Å². The molecule has 1 aliphatic heterocycles. The van der Waals surface area contributed by atoms with Crippen molar-refractivity contribution in [3.63, 3.8) is 0 Å². The van der Waals surface area contributed by atoms with Crippen molar-refractivity contribution >= 4 is 0 Å². The van der Waals surface area contributed by atoms with Crippen LogP contribution < -0.4 is 0 Å². The standard InChI is InChI=1S/C13H19NO/c1-10-8-14(9-13(10)15)11(2)12-6-4-3-5-7-12/h3-7,10-11,13,15H,8-9H2,1-2H3. The highest BCUT2D eigenvalue weighted by atomic mass is 16.3. The summed E-state index contributed by atoms with van der Waals surface area (Å²) >= 11 is 0. The van der Waals surface area contributed by atoms with Gasteiger partial charge in [-0.3, -0.25) is 4.90 Å². The third-order valence-electron chi connectivity index (χ3n) is 3.43. The molecule has 1 N–H and O–H groups in total.